The standard InChI is InChI=1S/C41H61N5O10S/c1-11-29-41(8)33(45-39(57)56-41)23(4)30(47)21(2)18-40(7,55-38(51)42-16-12-13-26-19-43-35(44-20-26)27-14-15-27)34(24(5)31(48)25(6)36(50)53-29)54-37-32(49)28(46(9)10)17-22(3)52-37/h12-13,19-25,27-29,32-34,37,49H,11,14-18H2,1-10H3,(H,42,51)(H,45,57)/b13-12+/t21-,22-,23+,24+,25-,28+,29-,32-,33-,34?,37+,40-,41-/m1/s1. The predicted octanol–water partition coefficient (Wildman–Crippen LogP) is 4.10. The third-order valence-electron chi connectivity index (χ3n) is 12.1. The van der Waals surface area contributed by atoms with E-state index in [0.29, 0.717) is 18.8 Å². The van der Waals surface area contributed by atoms with Crippen LogP contribution in [-0.2, 0) is 38.1 Å². The van der Waals surface area contributed by atoms with Crippen molar-refractivity contribution in [3.05, 3.63) is 29.9 Å². The molecule has 1 aromatic heterocycles. The molecule has 13 atom stereocenters. The van der Waals surface area contributed by atoms with E-state index in [1.54, 1.807) is 59.2 Å². The SMILES string of the molecule is CC[C@H]1OC(=O)[C@H](C)C(=O)[C@H](C)C(O[C@@H]2O[C@H](C)C[C@H](N(C)C)[C@H]2O)[C@](C)(OC(=O)NC/C=C/c2cnc(C3CC3)nc2)C[C@@H](C)C(=O)[C@H](C)[C@H]2NC(=S)O[C@@]21C. The number of carbonyl (C=O) groups excluding carboxylic acids is 4. The molecule has 1 amide bonds. The third kappa shape index (κ3) is 10.0. The van der Waals surface area contributed by atoms with Crippen molar-refractivity contribution < 1.29 is 48.0 Å². The monoisotopic (exact) mass is 815 g/mol. The van der Waals surface area contributed by atoms with Gasteiger partial charge in [-0.15, -0.1) is 0 Å². The topological polar surface area (TPSA) is 188 Å². The van der Waals surface area contributed by atoms with Gasteiger partial charge in [-0.05, 0) is 86.1 Å². The Bertz CT molecular complexity index is 1670. The van der Waals surface area contributed by atoms with Gasteiger partial charge in [0.2, 0.25) is 0 Å². The van der Waals surface area contributed by atoms with Gasteiger partial charge in [0.15, 0.2) is 17.7 Å². The molecular weight excluding hydrogens is 755 g/mol. The zero-order valence-corrected chi connectivity index (χ0v) is 35.7. The van der Waals surface area contributed by atoms with E-state index in [4.69, 9.17) is 35.9 Å². The van der Waals surface area contributed by atoms with Crippen LogP contribution >= 0.6 is 12.2 Å². The highest BCUT2D eigenvalue weighted by Crippen LogP contribution is 2.41. The lowest BCUT2D eigenvalue weighted by molar-refractivity contribution is -0.292. The number of nitrogens with zero attached hydrogens (tertiary/aromatic N) is 3. The number of amides is 1. The maximum Gasteiger partial charge on any atom is 0.408 e. The van der Waals surface area contributed by atoms with Gasteiger partial charge in [-0.3, -0.25) is 14.4 Å². The van der Waals surface area contributed by atoms with E-state index in [1.165, 1.54) is 6.92 Å². The average Bonchev–Trinajstić information content (AvgIpc) is 3.96. The van der Waals surface area contributed by atoms with Gasteiger partial charge in [0.05, 0.1) is 12.1 Å². The van der Waals surface area contributed by atoms with Gasteiger partial charge in [-0.2, -0.15) is 0 Å². The van der Waals surface area contributed by atoms with E-state index in [-0.39, 0.29) is 36.1 Å². The van der Waals surface area contributed by atoms with Crippen LogP contribution in [-0.4, -0.2) is 123 Å². The molecule has 3 saturated heterocycles. The molecule has 1 unspecified atom stereocenters. The second-order valence-corrected chi connectivity index (χ2v) is 17.4. The van der Waals surface area contributed by atoms with E-state index >= 15 is 0 Å². The molecule has 0 radical (unpaired) electrons. The van der Waals surface area contributed by atoms with Gasteiger partial charge >= 0.3 is 12.1 Å². The fourth-order valence-electron chi connectivity index (χ4n) is 8.66. The van der Waals surface area contributed by atoms with Crippen molar-refractivity contribution in [2.75, 3.05) is 20.6 Å². The molecule has 0 bridgehead atoms. The summed E-state index contributed by atoms with van der Waals surface area (Å²) >= 11 is 5.41. The summed E-state index contributed by atoms with van der Waals surface area (Å²) in [5.74, 6) is -4.18. The molecular formula is C41H61N5O10S. The molecule has 1 aliphatic carbocycles. The number of aliphatic hydroxyl groups is 1. The molecule has 3 N–H and O–H groups in total. The summed E-state index contributed by atoms with van der Waals surface area (Å²) in [7, 11) is 3.68. The Labute approximate surface area is 341 Å². The molecule has 4 heterocycles. The maximum atomic E-state index is 14.5. The number of Topliss-reactive ketones (excluding diaryl/α,β-unsaturated/α-hetero) is 2. The first-order valence-corrected chi connectivity index (χ1v) is 20.6. The molecule has 1 aromatic rings. The number of aromatic nitrogens is 2. The van der Waals surface area contributed by atoms with E-state index in [2.05, 4.69) is 20.6 Å². The average molecular weight is 816 g/mol. The van der Waals surface area contributed by atoms with Gasteiger partial charge in [-0.1, -0.05) is 39.8 Å². The number of hydrogen-bond acceptors (Lipinski definition) is 14. The predicted molar refractivity (Wildman–Crippen MR) is 214 cm³/mol. The number of likely N-dealkylation sites (N-methyl/N-ethyl adjacent to an activating group) is 1. The Morgan fingerprint density at radius 2 is 1.75 bits per heavy atom. The molecule has 4 aliphatic rings. The molecule has 1 saturated carbocycles. The zero-order valence-electron chi connectivity index (χ0n) is 34.9. The minimum atomic E-state index is -1.70. The molecule has 16 heteroatoms. The Balaban J connectivity index is 1.50. The Morgan fingerprint density at radius 1 is 1.09 bits per heavy atom. The van der Waals surface area contributed by atoms with Crippen molar-refractivity contribution >= 4 is 47.1 Å². The molecule has 316 valence electrons. The summed E-state index contributed by atoms with van der Waals surface area (Å²) in [6, 6.07) is -1.05. The number of cyclic esters (lactones) is 1. The van der Waals surface area contributed by atoms with Crippen LogP contribution in [0.1, 0.15) is 105 Å². The summed E-state index contributed by atoms with van der Waals surface area (Å²) in [5.41, 5.74) is -2.16. The van der Waals surface area contributed by atoms with Gasteiger partial charge < -0.3 is 44.3 Å². The third-order valence-corrected chi connectivity index (χ3v) is 12.3. The second-order valence-electron chi connectivity index (χ2n) is 17.0. The van der Waals surface area contributed by atoms with E-state index in [0.717, 1.165) is 24.2 Å². The summed E-state index contributed by atoms with van der Waals surface area (Å²) in [6.07, 6.45) is 4.17. The van der Waals surface area contributed by atoms with Crippen molar-refractivity contribution in [3.63, 3.8) is 0 Å². The molecule has 0 aromatic carbocycles. The molecule has 3 aliphatic heterocycles. The highest BCUT2D eigenvalue weighted by molar-refractivity contribution is 7.80. The highest BCUT2D eigenvalue weighted by atomic mass is 32.1. The lowest BCUT2D eigenvalue weighted by Crippen LogP contribution is -2.60. The number of alkyl carbamates (subject to hydrolysis) is 1. The van der Waals surface area contributed by atoms with Crippen LogP contribution in [0.5, 0.6) is 0 Å². The van der Waals surface area contributed by atoms with Crippen molar-refractivity contribution in [2.45, 2.75) is 147 Å². The smallest absolute Gasteiger partial charge is 0.408 e. The number of hydrogen-bond donors (Lipinski definition) is 3. The minimum Gasteiger partial charge on any atom is -0.459 e. The number of ketones is 2. The van der Waals surface area contributed by atoms with Gasteiger partial charge in [0, 0.05) is 54.2 Å². The van der Waals surface area contributed by atoms with Crippen molar-refractivity contribution in [3.8, 4) is 0 Å². The molecule has 15 nitrogen and oxygen atoms in total. The number of nitrogens with one attached hydrogen (secondary N) is 2. The summed E-state index contributed by atoms with van der Waals surface area (Å²) in [6.45, 7) is 13.6. The largest absolute Gasteiger partial charge is 0.459 e. The number of fused-ring (bicyclic) bond motifs is 1. The van der Waals surface area contributed by atoms with Crippen LogP contribution < -0.4 is 10.6 Å². The van der Waals surface area contributed by atoms with Gasteiger partial charge in [0.1, 0.15) is 41.4 Å². The van der Waals surface area contributed by atoms with Gasteiger partial charge in [-0.25, -0.2) is 14.8 Å². The first kappa shape index (κ1) is 44.5. The molecule has 57 heavy (non-hydrogen) atoms. The van der Waals surface area contributed by atoms with Crippen LogP contribution in [0.3, 0.4) is 0 Å². The number of esters is 1. The van der Waals surface area contributed by atoms with Crippen LogP contribution in [0.15, 0.2) is 18.5 Å². The lowest BCUT2D eigenvalue weighted by Gasteiger charge is -2.47. The molecule has 4 fully saturated rings. The van der Waals surface area contributed by atoms with Crippen LogP contribution in [0.25, 0.3) is 6.08 Å². The van der Waals surface area contributed by atoms with Crippen LogP contribution in [0, 0.1) is 23.7 Å². The number of rotatable bonds is 9. The number of ether oxygens (including phenoxy) is 5. The normalized spacial score (nSPS) is 38.2. The molecule has 0 spiro atoms. The Morgan fingerprint density at radius 3 is 2.37 bits per heavy atom. The first-order chi connectivity index (χ1) is 26.8. The first-order valence-electron chi connectivity index (χ1n) is 20.2. The number of carbonyl (C=O) groups is 4. The number of thiocarbonyl (C=S) groups is 1. The fraction of sp³-hybridized carbons (Fsp3) is 0.732. The Hall–Kier alpha value is -3.57. The summed E-state index contributed by atoms with van der Waals surface area (Å²) < 4.78 is 31.2. The van der Waals surface area contributed by atoms with E-state index in [1.807, 2.05) is 32.8 Å². The second kappa shape index (κ2) is 18.1. The van der Waals surface area contributed by atoms with Gasteiger partial charge in [0.25, 0.3) is 5.17 Å². The van der Waals surface area contributed by atoms with Crippen molar-refractivity contribution in [2.24, 2.45) is 23.7 Å². The van der Waals surface area contributed by atoms with Crippen molar-refractivity contribution in [1.29, 1.82) is 0 Å². The fourth-order valence-corrected chi connectivity index (χ4v) is 8.96. The van der Waals surface area contributed by atoms with Crippen LogP contribution in [0.2, 0.25) is 0 Å². The number of aliphatic hydroxyl groups excluding tert-OH is 1. The van der Waals surface area contributed by atoms with E-state index in [9.17, 15) is 24.3 Å². The van der Waals surface area contributed by atoms with Crippen LogP contribution in [0.4, 0.5) is 4.79 Å². The summed E-state index contributed by atoms with van der Waals surface area (Å²) in [5, 5.41) is 17.5. The van der Waals surface area contributed by atoms with Crippen molar-refractivity contribution in [1.82, 2.24) is 25.5 Å². The lowest BCUT2D eigenvalue weighted by atomic mass is 9.73. The zero-order chi connectivity index (χ0) is 42.0. The minimum absolute atomic E-state index is 0.0674. The summed E-state index contributed by atoms with van der Waals surface area (Å²) in [4.78, 5) is 67.2. The quantitative estimate of drug-likeness (QED) is 0.184. The molecule has 5 rings (SSSR count). The highest BCUT2D eigenvalue weighted by Gasteiger charge is 2.57. The van der Waals surface area contributed by atoms with E-state index < -0.39 is 83.4 Å². The Kier molecular flexibility index (Phi) is 14.2. The maximum absolute atomic E-state index is 14.5.